The Morgan fingerprint density at radius 3 is 1.81 bits per heavy atom. The van der Waals surface area contributed by atoms with Crippen molar-refractivity contribution in [2.45, 2.75) is 6.04 Å². The van der Waals surface area contributed by atoms with Crippen molar-refractivity contribution >= 4 is 44.1 Å². The van der Waals surface area contributed by atoms with Crippen molar-refractivity contribution in [1.82, 2.24) is 19.9 Å². The monoisotopic (exact) mass is 755 g/mol. The third-order valence-corrected chi connectivity index (χ3v) is 11.3. The zero-order valence-corrected chi connectivity index (χ0v) is 32.1. The fourth-order valence-corrected chi connectivity index (χ4v) is 8.45. The average molecular weight is 756 g/mol. The highest BCUT2D eigenvalue weighted by atomic mass is 15.1. The number of hydrogen-bond acceptors (Lipinski definition) is 4. The normalized spacial score (nSPS) is 13.9. The number of fused-ring (bicyclic) bond motifs is 6. The molecule has 0 amide bonds. The summed E-state index contributed by atoms with van der Waals surface area (Å²) in [5, 5.41) is 8.25. The molecule has 11 rings (SSSR count). The predicted octanol–water partition coefficient (Wildman–Crippen LogP) is 12.9. The van der Waals surface area contributed by atoms with E-state index >= 15 is 0 Å². The third-order valence-electron chi connectivity index (χ3n) is 11.3. The molecular weight excluding hydrogens is 719 g/mol. The lowest BCUT2D eigenvalue weighted by atomic mass is 9.96. The number of benzene rings is 8. The van der Waals surface area contributed by atoms with E-state index in [2.05, 4.69) is 203 Å². The molecule has 5 nitrogen and oxygen atoms in total. The highest BCUT2D eigenvalue weighted by Crippen LogP contribution is 2.40. The number of aromatic nitrogens is 3. The smallest absolute Gasteiger partial charge is 0.145 e. The Labute approximate surface area is 342 Å². The van der Waals surface area contributed by atoms with Crippen molar-refractivity contribution < 1.29 is 0 Å². The molecule has 8 aromatic carbocycles. The summed E-state index contributed by atoms with van der Waals surface area (Å²) in [4.78, 5) is 15.2. The molecule has 2 aromatic heterocycles. The van der Waals surface area contributed by atoms with Crippen LogP contribution in [0, 0.1) is 0 Å². The van der Waals surface area contributed by atoms with Gasteiger partial charge in [-0.2, -0.15) is 0 Å². The highest BCUT2D eigenvalue weighted by Gasteiger charge is 2.22. The minimum absolute atomic E-state index is 0.0680. The molecule has 278 valence electrons. The first-order chi connectivity index (χ1) is 29.2. The molecule has 0 fully saturated rings. The number of aliphatic imine (C=N–C) groups is 1. The molecule has 1 unspecified atom stereocenters. The first-order valence-electron chi connectivity index (χ1n) is 20.0. The van der Waals surface area contributed by atoms with Gasteiger partial charge in [-0.15, -0.1) is 0 Å². The molecule has 59 heavy (non-hydrogen) atoms. The quantitative estimate of drug-likeness (QED) is 0.165. The number of imidazole rings is 1. The van der Waals surface area contributed by atoms with Gasteiger partial charge in [-0.25, -0.2) is 9.98 Å². The molecule has 10 aromatic rings. The zero-order chi connectivity index (χ0) is 39.1. The number of hydrogen-bond donors (Lipinski definition) is 1. The van der Waals surface area contributed by atoms with E-state index in [1.54, 1.807) is 0 Å². The second-order valence-electron chi connectivity index (χ2n) is 14.9. The number of amidine groups is 1. The van der Waals surface area contributed by atoms with E-state index in [-0.39, 0.29) is 6.04 Å². The zero-order valence-electron chi connectivity index (χ0n) is 32.1. The summed E-state index contributed by atoms with van der Waals surface area (Å²) in [6, 6.07) is 68.4. The molecule has 0 aliphatic carbocycles. The Balaban J connectivity index is 1.03. The van der Waals surface area contributed by atoms with Gasteiger partial charge in [0.2, 0.25) is 0 Å². The van der Waals surface area contributed by atoms with Crippen LogP contribution in [0.15, 0.2) is 218 Å². The average Bonchev–Trinajstić information content (AvgIpc) is 3.74. The predicted molar refractivity (Wildman–Crippen MR) is 243 cm³/mol. The Bertz CT molecular complexity index is 3220. The van der Waals surface area contributed by atoms with E-state index in [9.17, 15) is 0 Å². The highest BCUT2D eigenvalue weighted by molar-refractivity contribution is 6.24. The van der Waals surface area contributed by atoms with Crippen molar-refractivity contribution in [3.05, 3.63) is 229 Å². The Morgan fingerprint density at radius 1 is 0.458 bits per heavy atom. The summed E-state index contributed by atoms with van der Waals surface area (Å²) < 4.78 is 2.33. The first-order valence-corrected chi connectivity index (χ1v) is 20.0. The molecule has 1 aliphatic heterocycles. The van der Waals surface area contributed by atoms with E-state index in [1.807, 2.05) is 24.5 Å². The number of nitrogens with one attached hydrogen (secondary N) is 1. The molecule has 1 N–H and O–H groups in total. The van der Waals surface area contributed by atoms with Gasteiger partial charge in [0.25, 0.3) is 0 Å². The van der Waals surface area contributed by atoms with Gasteiger partial charge in [-0.3, -0.25) is 9.55 Å². The van der Waals surface area contributed by atoms with E-state index in [0.29, 0.717) is 0 Å². The first kappa shape index (κ1) is 34.4. The molecule has 0 saturated carbocycles. The number of nitrogens with zero attached hydrogens (tertiary/aromatic N) is 4. The molecule has 0 spiro atoms. The summed E-state index contributed by atoms with van der Waals surface area (Å²) in [5.41, 5.74) is 12.9. The standard InChI is InChI=1S/C54H37N5/c1-4-14-36(15-5-1)37-26-28-38(29-27-37)49-34-50(57-53(56-49)39-16-6-2-7-17-39)43-22-12-20-41(32-43)42-21-13-23-44(33-42)59-52-47-25-11-10-24-45(47)46-30-31-55-35-48(46)51(52)58-54(59)40-18-8-3-9-19-40/h1-35,49H,(H,56,57). The summed E-state index contributed by atoms with van der Waals surface area (Å²) in [7, 11) is 0. The van der Waals surface area contributed by atoms with Crippen molar-refractivity contribution in [2.75, 3.05) is 0 Å². The van der Waals surface area contributed by atoms with Crippen LogP contribution in [0.4, 0.5) is 0 Å². The molecule has 1 aliphatic rings. The summed E-state index contributed by atoms with van der Waals surface area (Å²) in [6.45, 7) is 0. The van der Waals surface area contributed by atoms with Gasteiger partial charge < -0.3 is 5.32 Å². The molecule has 0 bridgehead atoms. The van der Waals surface area contributed by atoms with E-state index in [4.69, 9.17) is 9.98 Å². The van der Waals surface area contributed by atoms with Gasteiger partial charge in [-0.1, -0.05) is 170 Å². The van der Waals surface area contributed by atoms with Gasteiger partial charge >= 0.3 is 0 Å². The van der Waals surface area contributed by atoms with Crippen LogP contribution >= 0.6 is 0 Å². The minimum atomic E-state index is -0.0680. The van der Waals surface area contributed by atoms with Crippen LogP contribution in [0.1, 0.15) is 22.7 Å². The summed E-state index contributed by atoms with van der Waals surface area (Å²) in [6.07, 6.45) is 6.06. The molecular formula is C54H37N5. The molecule has 5 heteroatoms. The maximum Gasteiger partial charge on any atom is 0.145 e. The molecule has 1 atom stereocenters. The Kier molecular flexibility index (Phi) is 8.48. The molecule has 0 radical (unpaired) electrons. The van der Waals surface area contributed by atoms with Crippen LogP contribution in [0.2, 0.25) is 0 Å². The van der Waals surface area contributed by atoms with Gasteiger partial charge in [-0.05, 0) is 68.9 Å². The third kappa shape index (κ3) is 6.26. The van der Waals surface area contributed by atoms with Crippen LogP contribution in [-0.4, -0.2) is 20.4 Å². The van der Waals surface area contributed by atoms with Gasteiger partial charge in [0.05, 0.1) is 22.8 Å². The van der Waals surface area contributed by atoms with Crippen LogP contribution in [-0.2, 0) is 0 Å². The van der Waals surface area contributed by atoms with Crippen LogP contribution in [0.5, 0.6) is 0 Å². The fraction of sp³-hybridized carbons (Fsp3) is 0.0185. The SMILES string of the molecule is C1=C(c2cccc(-c3cccc(-n4c(-c5ccccc5)nc5c6cnccc6c6ccccc6c54)c3)c2)N=C(c2ccccc2)NC1c1ccc(-c2ccccc2)cc1. The van der Waals surface area contributed by atoms with Gasteiger partial charge in [0.1, 0.15) is 11.7 Å². The van der Waals surface area contributed by atoms with E-state index in [0.717, 1.165) is 78.1 Å². The molecule has 3 heterocycles. The second kappa shape index (κ2) is 14.6. The van der Waals surface area contributed by atoms with Crippen molar-refractivity contribution in [3.8, 4) is 39.3 Å². The van der Waals surface area contributed by atoms with Crippen LogP contribution in [0.3, 0.4) is 0 Å². The second-order valence-corrected chi connectivity index (χ2v) is 14.9. The van der Waals surface area contributed by atoms with Crippen molar-refractivity contribution in [1.29, 1.82) is 0 Å². The topological polar surface area (TPSA) is 55.1 Å². The van der Waals surface area contributed by atoms with E-state index in [1.165, 1.54) is 22.1 Å². The Hall–Kier alpha value is -7.89. The number of rotatable bonds is 7. The lowest BCUT2D eigenvalue weighted by molar-refractivity contribution is 0.781. The van der Waals surface area contributed by atoms with Crippen molar-refractivity contribution in [2.24, 2.45) is 4.99 Å². The van der Waals surface area contributed by atoms with Crippen LogP contribution < -0.4 is 5.32 Å². The lowest BCUT2D eigenvalue weighted by Gasteiger charge is -2.25. The largest absolute Gasteiger partial charge is 0.359 e. The summed E-state index contributed by atoms with van der Waals surface area (Å²) in [5.74, 6) is 1.74. The lowest BCUT2D eigenvalue weighted by Crippen LogP contribution is -2.31. The minimum Gasteiger partial charge on any atom is -0.359 e. The maximum atomic E-state index is 5.39. The fourth-order valence-electron chi connectivity index (χ4n) is 8.45. The van der Waals surface area contributed by atoms with Crippen molar-refractivity contribution in [3.63, 3.8) is 0 Å². The number of pyridine rings is 1. The molecule has 0 saturated heterocycles. The maximum absolute atomic E-state index is 5.39. The van der Waals surface area contributed by atoms with Gasteiger partial charge in [0.15, 0.2) is 0 Å². The van der Waals surface area contributed by atoms with E-state index < -0.39 is 0 Å². The Morgan fingerprint density at radius 2 is 1.05 bits per heavy atom. The summed E-state index contributed by atoms with van der Waals surface area (Å²) >= 11 is 0. The van der Waals surface area contributed by atoms with Crippen LogP contribution in [0.25, 0.3) is 77.6 Å². The van der Waals surface area contributed by atoms with Gasteiger partial charge in [0, 0.05) is 45.5 Å².